The Balaban J connectivity index is 2.42. The van der Waals surface area contributed by atoms with E-state index in [0.29, 0.717) is 12.2 Å². The maximum atomic E-state index is 11.0. The lowest BCUT2D eigenvalue weighted by Crippen LogP contribution is -2.37. The summed E-state index contributed by atoms with van der Waals surface area (Å²) in [4.78, 5) is 23.4. The number of hydrogen-bond acceptors (Lipinski definition) is 4. The Hall–Kier alpha value is -1.16. The monoisotopic (exact) mass is 182 g/mol. The van der Waals surface area contributed by atoms with Gasteiger partial charge < -0.3 is 10.6 Å². The molecular weight excluding hydrogens is 168 g/mol. The smallest absolute Gasteiger partial charge is 0.249 e. The Morgan fingerprint density at radius 3 is 2.54 bits per heavy atom. The molecule has 72 valence electrons. The molecular formula is C9H14N2O2. The molecule has 0 atom stereocenters. The van der Waals surface area contributed by atoms with Gasteiger partial charge in [-0.1, -0.05) is 0 Å². The molecule has 0 radical (unpaired) electrons. The lowest BCUT2D eigenvalue weighted by Gasteiger charge is -2.18. The third-order valence-electron chi connectivity index (χ3n) is 2.08. The van der Waals surface area contributed by atoms with Gasteiger partial charge >= 0.3 is 0 Å². The highest BCUT2D eigenvalue weighted by molar-refractivity contribution is 5.49. The highest BCUT2D eigenvalue weighted by atomic mass is 16.2. The van der Waals surface area contributed by atoms with Crippen LogP contribution < -0.4 is 21.5 Å². The van der Waals surface area contributed by atoms with Crippen molar-refractivity contribution in [1.29, 1.82) is 0 Å². The van der Waals surface area contributed by atoms with Gasteiger partial charge in [0.15, 0.2) is 0 Å². The maximum absolute atomic E-state index is 11.0. The van der Waals surface area contributed by atoms with Gasteiger partial charge in [0.05, 0.1) is 5.69 Å². The summed E-state index contributed by atoms with van der Waals surface area (Å²) in [6.07, 6.45) is 1.89. The van der Waals surface area contributed by atoms with Crippen LogP contribution in [-0.4, -0.2) is 20.1 Å². The fourth-order valence-corrected chi connectivity index (χ4v) is 1.20. The van der Waals surface area contributed by atoms with Crippen molar-refractivity contribution in [2.45, 2.75) is 12.8 Å². The minimum atomic E-state index is -0.388. The average molecular weight is 182 g/mol. The number of hydrogen-bond donors (Lipinski definition) is 1. The largest absolute Gasteiger partial charge is 0.371 e. The van der Waals surface area contributed by atoms with E-state index in [1.807, 2.05) is 7.05 Å². The van der Waals surface area contributed by atoms with E-state index in [-0.39, 0.29) is 10.9 Å². The normalized spacial score (nSPS) is 10.6. The minimum absolute atomic E-state index is 0.366. The number of rotatable bonds is 5. The standard InChI is InChI=1S/C9H14N2O2/c1-11(5-3-2-4-10)7-6-8(12)9(7)13/h6H,2-5,10H2,1H3. The van der Waals surface area contributed by atoms with Crippen molar-refractivity contribution in [3.8, 4) is 0 Å². The second-order valence-corrected chi connectivity index (χ2v) is 3.14. The SMILES string of the molecule is CN(CCCCN)c1cc(=O)c1=O. The van der Waals surface area contributed by atoms with Gasteiger partial charge in [0, 0.05) is 19.7 Å². The third-order valence-corrected chi connectivity index (χ3v) is 2.08. The molecule has 1 aromatic rings. The van der Waals surface area contributed by atoms with Crippen LogP contribution in [0.25, 0.3) is 0 Å². The molecule has 0 aliphatic carbocycles. The van der Waals surface area contributed by atoms with Crippen LogP contribution in [0.4, 0.5) is 5.69 Å². The summed E-state index contributed by atoms with van der Waals surface area (Å²) in [5, 5.41) is 0. The van der Waals surface area contributed by atoms with E-state index in [0.717, 1.165) is 19.4 Å². The van der Waals surface area contributed by atoms with Crippen LogP contribution >= 0.6 is 0 Å². The predicted molar refractivity (Wildman–Crippen MR) is 52.9 cm³/mol. The summed E-state index contributed by atoms with van der Waals surface area (Å²) >= 11 is 0. The molecule has 0 aromatic heterocycles. The van der Waals surface area contributed by atoms with E-state index >= 15 is 0 Å². The molecule has 0 aliphatic rings. The first-order valence-corrected chi connectivity index (χ1v) is 4.38. The number of unbranched alkanes of at least 4 members (excludes halogenated alkanes) is 1. The second-order valence-electron chi connectivity index (χ2n) is 3.14. The molecule has 0 saturated heterocycles. The second kappa shape index (κ2) is 4.18. The van der Waals surface area contributed by atoms with Crippen molar-refractivity contribution in [2.24, 2.45) is 5.73 Å². The molecule has 0 fully saturated rings. The molecule has 0 saturated carbocycles. The highest BCUT2D eigenvalue weighted by Crippen LogP contribution is 2.04. The zero-order valence-electron chi connectivity index (χ0n) is 7.75. The summed E-state index contributed by atoms with van der Waals surface area (Å²) in [5.41, 5.74) is 5.11. The van der Waals surface area contributed by atoms with Gasteiger partial charge in [0.2, 0.25) is 10.9 Å². The summed E-state index contributed by atoms with van der Waals surface area (Å²) in [6, 6.07) is 1.38. The zero-order chi connectivity index (χ0) is 9.84. The molecule has 0 bridgehead atoms. The van der Waals surface area contributed by atoms with E-state index < -0.39 is 0 Å². The van der Waals surface area contributed by atoms with Crippen molar-refractivity contribution in [3.05, 3.63) is 26.5 Å². The van der Waals surface area contributed by atoms with Gasteiger partial charge in [0.25, 0.3) is 0 Å². The Labute approximate surface area is 76.7 Å². The van der Waals surface area contributed by atoms with E-state index in [4.69, 9.17) is 5.73 Å². The van der Waals surface area contributed by atoms with Crippen molar-refractivity contribution in [3.63, 3.8) is 0 Å². The Morgan fingerprint density at radius 2 is 2.08 bits per heavy atom. The fourth-order valence-electron chi connectivity index (χ4n) is 1.20. The van der Waals surface area contributed by atoms with Gasteiger partial charge in [-0.15, -0.1) is 0 Å². The average Bonchev–Trinajstić information content (AvgIpc) is 2.13. The van der Waals surface area contributed by atoms with Crippen molar-refractivity contribution < 1.29 is 0 Å². The molecule has 2 N–H and O–H groups in total. The van der Waals surface area contributed by atoms with Gasteiger partial charge in [0.1, 0.15) is 0 Å². The first kappa shape index (κ1) is 9.92. The number of nitrogens with two attached hydrogens (primary N) is 1. The first-order chi connectivity index (χ1) is 6.16. The molecule has 4 heteroatoms. The van der Waals surface area contributed by atoms with Crippen LogP contribution in [0.15, 0.2) is 15.7 Å². The van der Waals surface area contributed by atoms with Crippen LogP contribution in [-0.2, 0) is 0 Å². The number of anilines is 1. The molecule has 4 nitrogen and oxygen atoms in total. The van der Waals surface area contributed by atoms with E-state index in [2.05, 4.69) is 0 Å². The lowest BCUT2D eigenvalue weighted by molar-refractivity contribution is 0.725. The summed E-state index contributed by atoms with van der Waals surface area (Å²) < 4.78 is 0. The number of nitrogens with zero attached hydrogens (tertiary/aromatic N) is 1. The van der Waals surface area contributed by atoms with E-state index in [1.54, 1.807) is 4.90 Å². The molecule has 0 spiro atoms. The van der Waals surface area contributed by atoms with Gasteiger partial charge in [-0.25, -0.2) is 0 Å². The Kier molecular flexibility index (Phi) is 3.19. The Bertz CT molecular complexity index is 339. The maximum Gasteiger partial charge on any atom is 0.249 e. The molecule has 13 heavy (non-hydrogen) atoms. The highest BCUT2D eigenvalue weighted by Gasteiger charge is 2.12. The molecule has 1 rings (SSSR count). The van der Waals surface area contributed by atoms with Gasteiger partial charge in [-0.05, 0) is 19.4 Å². The minimum Gasteiger partial charge on any atom is -0.371 e. The fraction of sp³-hybridized carbons (Fsp3) is 0.556. The van der Waals surface area contributed by atoms with Crippen LogP contribution in [0.1, 0.15) is 12.8 Å². The van der Waals surface area contributed by atoms with Gasteiger partial charge in [-0.2, -0.15) is 0 Å². The summed E-state index contributed by atoms with van der Waals surface area (Å²) in [5.74, 6) is 0. The van der Waals surface area contributed by atoms with Crippen LogP contribution in [0.2, 0.25) is 0 Å². The molecule has 0 unspecified atom stereocenters. The predicted octanol–water partition coefficient (Wildman–Crippen LogP) is -0.542. The third kappa shape index (κ3) is 2.15. The molecule has 0 heterocycles. The summed E-state index contributed by atoms with van der Waals surface area (Å²) in [7, 11) is 1.81. The zero-order valence-corrected chi connectivity index (χ0v) is 7.75. The topological polar surface area (TPSA) is 63.4 Å². The lowest BCUT2D eigenvalue weighted by atomic mass is 10.2. The van der Waals surface area contributed by atoms with Crippen molar-refractivity contribution in [2.75, 3.05) is 25.0 Å². The summed E-state index contributed by atoms with van der Waals surface area (Å²) in [6.45, 7) is 1.45. The van der Waals surface area contributed by atoms with Gasteiger partial charge in [-0.3, -0.25) is 9.59 Å². The molecule has 0 aliphatic heterocycles. The van der Waals surface area contributed by atoms with E-state index in [1.165, 1.54) is 6.07 Å². The van der Waals surface area contributed by atoms with Crippen molar-refractivity contribution in [1.82, 2.24) is 0 Å². The quantitative estimate of drug-likeness (QED) is 0.490. The van der Waals surface area contributed by atoms with E-state index in [9.17, 15) is 9.59 Å². The van der Waals surface area contributed by atoms with Crippen molar-refractivity contribution >= 4 is 5.69 Å². The Morgan fingerprint density at radius 1 is 1.38 bits per heavy atom. The van der Waals surface area contributed by atoms with Crippen LogP contribution in [0.5, 0.6) is 0 Å². The molecule has 1 aromatic carbocycles. The first-order valence-electron chi connectivity index (χ1n) is 4.38. The van der Waals surface area contributed by atoms with Crippen LogP contribution in [0.3, 0.4) is 0 Å². The molecule has 0 amide bonds. The van der Waals surface area contributed by atoms with Crippen LogP contribution in [0, 0.1) is 0 Å².